The van der Waals surface area contributed by atoms with Crippen LogP contribution in [0.5, 0.6) is 0 Å². The van der Waals surface area contributed by atoms with Gasteiger partial charge in [0.15, 0.2) is 11.0 Å². The molecule has 0 radical (unpaired) electrons. The first-order chi connectivity index (χ1) is 15.2. The molecular formula is C24H29N5OS. The van der Waals surface area contributed by atoms with Crippen LogP contribution < -0.4 is 10.6 Å². The minimum Gasteiger partial charge on any atom is -0.335 e. The highest BCUT2D eigenvalue weighted by atomic mass is 32.2. The smallest absolute Gasteiger partial charge is 0.315 e. The predicted octanol–water partition coefficient (Wildman–Crippen LogP) is 5.00. The number of urea groups is 1. The summed E-state index contributed by atoms with van der Waals surface area (Å²) in [5.41, 5.74) is 3.43. The van der Waals surface area contributed by atoms with Gasteiger partial charge in [0.2, 0.25) is 0 Å². The lowest BCUT2D eigenvalue weighted by Gasteiger charge is -2.22. The van der Waals surface area contributed by atoms with Crippen LogP contribution in [0.25, 0.3) is 5.69 Å². The van der Waals surface area contributed by atoms with E-state index in [0.717, 1.165) is 35.3 Å². The molecule has 1 fully saturated rings. The van der Waals surface area contributed by atoms with Crippen LogP contribution in [0, 0.1) is 6.92 Å². The first kappa shape index (κ1) is 21.4. The summed E-state index contributed by atoms with van der Waals surface area (Å²) in [7, 11) is 0. The molecular weight excluding hydrogens is 406 g/mol. The van der Waals surface area contributed by atoms with Crippen LogP contribution in [0.3, 0.4) is 0 Å². The van der Waals surface area contributed by atoms with Crippen molar-refractivity contribution >= 4 is 17.8 Å². The average Bonchev–Trinajstić information content (AvgIpc) is 3.21. The fourth-order valence-corrected chi connectivity index (χ4v) is 4.75. The van der Waals surface area contributed by atoms with Crippen molar-refractivity contribution in [2.24, 2.45) is 0 Å². The minimum atomic E-state index is -0.135. The molecule has 2 aromatic carbocycles. The fraction of sp³-hybridized carbons (Fsp3) is 0.375. The minimum absolute atomic E-state index is 0.135. The Labute approximate surface area is 187 Å². The largest absolute Gasteiger partial charge is 0.335 e. The van der Waals surface area contributed by atoms with Gasteiger partial charge in [-0.25, -0.2) is 4.79 Å². The number of aromatic nitrogens is 3. The van der Waals surface area contributed by atoms with Gasteiger partial charge in [0.1, 0.15) is 0 Å². The third-order valence-electron chi connectivity index (χ3n) is 5.55. The van der Waals surface area contributed by atoms with Crippen molar-refractivity contribution in [2.45, 2.75) is 62.5 Å². The number of nitrogens with one attached hydrogen (secondary N) is 2. The van der Waals surface area contributed by atoms with Crippen molar-refractivity contribution in [1.29, 1.82) is 0 Å². The number of benzene rings is 2. The highest BCUT2D eigenvalue weighted by Gasteiger charge is 2.18. The van der Waals surface area contributed by atoms with E-state index in [1.807, 2.05) is 22.8 Å². The Hall–Kier alpha value is -2.80. The first-order valence-electron chi connectivity index (χ1n) is 10.9. The highest BCUT2D eigenvalue weighted by Crippen LogP contribution is 2.25. The molecule has 0 bridgehead atoms. The summed E-state index contributed by atoms with van der Waals surface area (Å²) in [6.45, 7) is 2.39. The van der Waals surface area contributed by atoms with Crippen molar-refractivity contribution in [3.05, 3.63) is 71.5 Å². The molecule has 0 unspecified atom stereocenters. The van der Waals surface area contributed by atoms with Gasteiger partial charge in [-0.05, 0) is 37.5 Å². The normalized spacial score (nSPS) is 14.4. The van der Waals surface area contributed by atoms with Gasteiger partial charge < -0.3 is 10.6 Å². The van der Waals surface area contributed by atoms with Gasteiger partial charge in [0.25, 0.3) is 0 Å². The highest BCUT2D eigenvalue weighted by molar-refractivity contribution is 7.98. The molecule has 162 valence electrons. The number of carbonyl (C=O) groups is 1. The lowest BCUT2D eigenvalue weighted by atomic mass is 9.96. The van der Waals surface area contributed by atoms with Gasteiger partial charge >= 0.3 is 6.03 Å². The predicted molar refractivity (Wildman–Crippen MR) is 124 cm³/mol. The van der Waals surface area contributed by atoms with Crippen molar-refractivity contribution < 1.29 is 4.79 Å². The molecule has 1 heterocycles. The molecule has 2 N–H and O–H groups in total. The molecule has 0 spiro atoms. The van der Waals surface area contributed by atoms with Crippen LogP contribution in [-0.2, 0) is 12.3 Å². The molecule has 1 aliphatic carbocycles. The molecule has 0 aliphatic heterocycles. The number of nitrogens with zero attached hydrogens (tertiary/aromatic N) is 3. The van der Waals surface area contributed by atoms with Crippen LogP contribution in [0.1, 0.15) is 49.1 Å². The lowest BCUT2D eigenvalue weighted by Crippen LogP contribution is -2.42. The summed E-state index contributed by atoms with van der Waals surface area (Å²) < 4.78 is 2.04. The maximum Gasteiger partial charge on any atom is 0.315 e. The van der Waals surface area contributed by atoms with Crippen molar-refractivity contribution in [2.75, 3.05) is 0 Å². The van der Waals surface area contributed by atoms with E-state index in [-0.39, 0.29) is 12.1 Å². The van der Waals surface area contributed by atoms with E-state index >= 15 is 0 Å². The maximum absolute atomic E-state index is 12.4. The molecule has 4 rings (SSSR count). The Kier molecular flexibility index (Phi) is 7.25. The second-order valence-electron chi connectivity index (χ2n) is 8.01. The Balaban J connectivity index is 1.47. The van der Waals surface area contributed by atoms with Gasteiger partial charge in [0.05, 0.1) is 6.54 Å². The molecule has 1 aliphatic rings. The molecule has 31 heavy (non-hydrogen) atoms. The average molecular weight is 436 g/mol. The zero-order chi connectivity index (χ0) is 21.5. The summed E-state index contributed by atoms with van der Waals surface area (Å²) in [4.78, 5) is 12.4. The van der Waals surface area contributed by atoms with E-state index < -0.39 is 0 Å². The van der Waals surface area contributed by atoms with Gasteiger partial charge in [-0.15, -0.1) is 10.2 Å². The number of rotatable bonds is 7. The van der Waals surface area contributed by atoms with E-state index in [4.69, 9.17) is 0 Å². The molecule has 6 nitrogen and oxygen atoms in total. The van der Waals surface area contributed by atoms with E-state index in [0.29, 0.717) is 6.54 Å². The number of hydrogen-bond acceptors (Lipinski definition) is 4. The van der Waals surface area contributed by atoms with Crippen molar-refractivity contribution in [3.63, 3.8) is 0 Å². The maximum atomic E-state index is 12.4. The Morgan fingerprint density at radius 1 is 1.03 bits per heavy atom. The zero-order valence-electron chi connectivity index (χ0n) is 17.9. The summed E-state index contributed by atoms with van der Waals surface area (Å²) in [6, 6.07) is 18.8. The molecule has 1 aromatic heterocycles. The monoisotopic (exact) mass is 435 g/mol. The van der Waals surface area contributed by atoms with E-state index in [1.165, 1.54) is 30.4 Å². The van der Waals surface area contributed by atoms with Crippen LogP contribution in [0.2, 0.25) is 0 Å². The number of hydrogen-bond donors (Lipinski definition) is 2. The molecule has 1 saturated carbocycles. The van der Waals surface area contributed by atoms with Crippen LogP contribution in [0.15, 0.2) is 59.8 Å². The Morgan fingerprint density at radius 2 is 1.77 bits per heavy atom. The number of thioether (sulfide) groups is 1. The summed E-state index contributed by atoms with van der Waals surface area (Å²) in [6.07, 6.45) is 5.77. The van der Waals surface area contributed by atoms with Gasteiger partial charge in [-0.3, -0.25) is 4.57 Å². The summed E-state index contributed by atoms with van der Waals surface area (Å²) >= 11 is 1.64. The molecule has 7 heteroatoms. The van der Waals surface area contributed by atoms with Crippen LogP contribution in [0.4, 0.5) is 4.79 Å². The second kappa shape index (κ2) is 10.5. The standard InChI is InChI=1S/C24H29N5OS/c1-18-12-14-21(15-13-18)29-22(16-25-23(30)26-20-10-6-3-7-11-20)27-28-24(29)31-17-19-8-4-2-5-9-19/h2,4-5,8-9,12-15,20H,3,6-7,10-11,16-17H2,1H3,(H2,25,26,30). The number of amides is 2. The first-order valence-corrected chi connectivity index (χ1v) is 11.9. The van der Waals surface area contributed by atoms with Crippen molar-refractivity contribution in [3.8, 4) is 5.69 Å². The van der Waals surface area contributed by atoms with Gasteiger partial charge in [-0.1, -0.05) is 79.1 Å². The Morgan fingerprint density at radius 3 is 2.52 bits per heavy atom. The van der Waals surface area contributed by atoms with Crippen molar-refractivity contribution in [1.82, 2.24) is 25.4 Å². The van der Waals surface area contributed by atoms with Crippen LogP contribution in [-0.4, -0.2) is 26.8 Å². The molecule has 2 amide bonds. The molecule has 3 aromatic rings. The summed E-state index contributed by atoms with van der Waals surface area (Å²) in [5.74, 6) is 1.53. The van der Waals surface area contributed by atoms with Gasteiger partial charge in [-0.2, -0.15) is 0 Å². The van der Waals surface area contributed by atoms with E-state index in [9.17, 15) is 4.79 Å². The quantitative estimate of drug-likeness (QED) is 0.512. The topological polar surface area (TPSA) is 71.8 Å². The lowest BCUT2D eigenvalue weighted by molar-refractivity contribution is 0.232. The zero-order valence-corrected chi connectivity index (χ0v) is 18.7. The fourth-order valence-electron chi connectivity index (χ4n) is 3.83. The number of aryl methyl sites for hydroxylation is 1. The third kappa shape index (κ3) is 5.88. The summed E-state index contributed by atoms with van der Waals surface area (Å²) in [5, 5.41) is 15.7. The molecule has 0 atom stereocenters. The van der Waals surface area contributed by atoms with Crippen LogP contribution >= 0.6 is 11.8 Å². The third-order valence-corrected chi connectivity index (χ3v) is 6.55. The molecule has 0 saturated heterocycles. The second-order valence-corrected chi connectivity index (χ2v) is 8.95. The van der Waals surface area contributed by atoms with E-state index in [2.05, 4.69) is 64.2 Å². The number of carbonyl (C=O) groups excluding carboxylic acids is 1. The van der Waals surface area contributed by atoms with Gasteiger partial charge in [0, 0.05) is 17.5 Å². The van der Waals surface area contributed by atoms with E-state index in [1.54, 1.807) is 11.8 Å². The SMILES string of the molecule is Cc1ccc(-n2c(CNC(=O)NC3CCCCC3)nnc2SCc2ccccc2)cc1. The Bertz CT molecular complexity index is 981.